The Morgan fingerprint density at radius 1 is 0.739 bits per heavy atom. The molecule has 0 aromatic heterocycles. The van der Waals surface area contributed by atoms with E-state index in [1.165, 1.54) is 17.5 Å². The van der Waals surface area contributed by atoms with Crippen molar-refractivity contribution in [2.75, 3.05) is 0 Å². The van der Waals surface area contributed by atoms with Crippen molar-refractivity contribution in [1.29, 1.82) is 0 Å². The summed E-state index contributed by atoms with van der Waals surface area (Å²) in [6, 6.07) is 20.8. The molecule has 23 heavy (non-hydrogen) atoms. The minimum atomic E-state index is -0.572. The Labute approximate surface area is 137 Å². The molecule has 2 aromatic rings. The van der Waals surface area contributed by atoms with Crippen molar-refractivity contribution in [3.63, 3.8) is 0 Å². The molecule has 0 saturated carbocycles. The number of ether oxygens (including phenoxy) is 2. The van der Waals surface area contributed by atoms with E-state index >= 15 is 0 Å². The zero-order valence-electron chi connectivity index (χ0n) is 13.2. The lowest BCUT2D eigenvalue weighted by molar-refractivity contribution is -0.142. The molecule has 1 aliphatic carbocycles. The smallest absolute Gasteiger partial charge is 0.189 e. The summed E-state index contributed by atoms with van der Waals surface area (Å²) in [7, 11) is 0. The molecule has 2 atom stereocenters. The van der Waals surface area contributed by atoms with Crippen LogP contribution in [0.2, 0.25) is 0 Å². The Morgan fingerprint density at radius 2 is 1.30 bits per heavy atom. The van der Waals surface area contributed by atoms with Gasteiger partial charge in [0.15, 0.2) is 5.79 Å². The molecule has 2 aliphatic rings. The second-order valence-corrected chi connectivity index (χ2v) is 6.36. The topological polar surface area (TPSA) is 18.5 Å². The predicted octanol–water partition coefficient (Wildman–Crippen LogP) is 5.34. The molecule has 1 fully saturated rings. The summed E-state index contributed by atoms with van der Waals surface area (Å²) in [5.74, 6) is -0.572. The number of rotatable bonds is 2. The number of benzene rings is 2. The van der Waals surface area contributed by atoms with Gasteiger partial charge in [0.2, 0.25) is 0 Å². The number of hydrogen-bond acceptors (Lipinski definition) is 2. The van der Waals surface area contributed by atoms with Crippen LogP contribution in [0.1, 0.15) is 49.0 Å². The van der Waals surface area contributed by atoms with E-state index in [1.54, 1.807) is 0 Å². The lowest BCUT2D eigenvalue weighted by Gasteiger charge is -2.23. The Balaban J connectivity index is 1.72. The molecular formula is C21H22O2. The third-order valence-corrected chi connectivity index (χ3v) is 4.70. The van der Waals surface area contributed by atoms with E-state index in [0.717, 1.165) is 19.3 Å². The zero-order valence-corrected chi connectivity index (χ0v) is 13.2. The van der Waals surface area contributed by atoms with Crippen LogP contribution >= 0.6 is 0 Å². The summed E-state index contributed by atoms with van der Waals surface area (Å²) in [5.41, 5.74) is 2.35. The van der Waals surface area contributed by atoms with E-state index in [-0.39, 0.29) is 12.2 Å². The summed E-state index contributed by atoms with van der Waals surface area (Å²) in [5, 5.41) is 0. The van der Waals surface area contributed by atoms with Gasteiger partial charge in [-0.15, -0.1) is 0 Å². The van der Waals surface area contributed by atoms with Gasteiger partial charge in [-0.3, -0.25) is 0 Å². The zero-order chi connectivity index (χ0) is 15.5. The van der Waals surface area contributed by atoms with E-state index < -0.39 is 5.79 Å². The first kappa shape index (κ1) is 14.7. The Hall–Kier alpha value is -1.90. The van der Waals surface area contributed by atoms with Crippen LogP contribution in [0.15, 0.2) is 72.8 Å². The molecule has 0 radical (unpaired) electrons. The summed E-state index contributed by atoms with van der Waals surface area (Å²) < 4.78 is 13.0. The van der Waals surface area contributed by atoms with Crippen molar-refractivity contribution in [2.24, 2.45) is 0 Å². The summed E-state index contributed by atoms with van der Waals surface area (Å²) in [6.45, 7) is 0. The minimum Gasteiger partial charge on any atom is -0.335 e. The van der Waals surface area contributed by atoms with Crippen molar-refractivity contribution >= 4 is 0 Å². The van der Waals surface area contributed by atoms with Crippen LogP contribution in [-0.2, 0) is 9.47 Å². The monoisotopic (exact) mass is 306 g/mol. The fourth-order valence-electron chi connectivity index (χ4n) is 3.53. The molecule has 1 saturated heterocycles. The van der Waals surface area contributed by atoms with Gasteiger partial charge in [0.1, 0.15) is 12.2 Å². The summed E-state index contributed by atoms with van der Waals surface area (Å²) >= 11 is 0. The summed E-state index contributed by atoms with van der Waals surface area (Å²) in [4.78, 5) is 0. The van der Waals surface area contributed by atoms with Crippen molar-refractivity contribution in [3.05, 3.63) is 83.9 Å². The van der Waals surface area contributed by atoms with Gasteiger partial charge in [0, 0.05) is 6.42 Å². The van der Waals surface area contributed by atoms with Gasteiger partial charge in [0.25, 0.3) is 0 Å². The Morgan fingerprint density at radius 3 is 1.87 bits per heavy atom. The van der Waals surface area contributed by atoms with Crippen LogP contribution in [0, 0.1) is 0 Å². The van der Waals surface area contributed by atoms with Gasteiger partial charge in [-0.2, -0.15) is 0 Å². The average molecular weight is 306 g/mol. The Bertz CT molecular complexity index is 615. The maximum absolute atomic E-state index is 6.51. The van der Waals surface area contributed by atoms with Gasteiger partial charge < -0.3 is 9.47 Å². The molecule has 1 aliphatic heterocycles. The third kappa shape index (κ3) is 2.97. The van der Waals surface area contributed by atoms with Crippen LogP contribution in [-0.4, -0.2) is 5.79 Å². The van der Waals surface area contributed by atoms with Crippen molar-refractivity contribution in [3.8, 4) is 0 Å². The summed E-state index contributed by atoms with van der Waals surface area (Å²) in [6.07, 6.45) is 8.59. The molecular weight excluding hydrogens is 284 g/mol. The van der Waals surface area contributed by atoms with Gasteiger partial charge in [-0.1, -0.05) is 66.7 Å². The lowest BCUT2D eigenvalue weighted by atomic mass is 9.99. The minimum absolute atomic E-state index is 0.0682. The van der Waals surface area contributed by atoms with Gasteiger partial charge in [-0.05, 0) is 36.5 Å². The molecule has 1 heterocycles. The molecule has 0 bridgehead atoms. The Kier molecular flexibility index (Phi) is 4.02. The largest absolute Gasteiger partial charge is 0.335 e. The number of hydrogen-bond donors (Lipinski definition) is 0. The SMILES string of the molecule is C1=CC2(CCCC1)O[C@@H](c1ccccc1)[C@H](c1ccccc1)O2. The van der Waals surface area contributed by atoms with Crippen molar-refractivity contribution in [1.82, 2.24) is 0 Å². The van der Waals surface area contributed by atoms with Gasteiger partial charge >= 0.3 is 0 Å². The van der Waals surface area contributed by atoms with Crippen LogP contribution in [0.5, 0.6) is 0 Å². The standard InChI is InChI=1S/C21H22O2/c1-2-10-16-21(15-9-1)22-19(17-11-5-3-6-12-17)20(23-21)18-13-7-4-8-14-18/h3-9,11-15,19-20H,1-2,10,16H2/t19-,20-/m0/s1. The van der Waals surface area contributed by atoms with E-state index in [0.29, 0.717) is 0 Å². The van der Waals surface area contributed by atoms with Crippen LogP contribution in [0.25, 0.3) is 0 Å². The highest BCUT2D eigenvalue weighted by atomic mass is 16.8. The molecule has 0 N–H and O–H groups in total. The maximum atomic E-state index is 6.51. The molecule has 0 amide bonds. The van der Waals surface area contributed by atoms with Gasteiger partial charge in [-0.25, -0.2) is 0 Å². The first-order chi connectivity index (χ1) is 11.4. The second-order valence-electron chi connectivity index (χ2n) is 6.36. The molecule has 2 aromatic carbocycles. The fraction of sp³-hybridized carbons (Fsp3) is 0.333. The van der Waals surface area contributed by atoms with Crippen molar-refractivity contribution < 1.29 is 9.47 Å². The molecule has 2 nitrogen and oxygen atoms in total. The second kappa shape index (κ2) is 6.31. The first-order valence-corrected chi connectivity index (χ1v) is 8.50. The average Bonchev–Trinajstić information content (AvgIpc) is 2.84. The van der Waals surface area contributed by atoms with Crippen LogP contribution < -0.4 is 0 Å². The predicted molar refractivity (Wildman–Crippen MR) is 90.9 cm³/mol. The fourth-order valence-corrected chi connectivity index (χ4v) is 3.53. The molecule has 1 spiro atoms. The van der Waals surface area contributed by atoms with Gasteiger partial charge in [0.05, 0.1) is 0 Å². The van der Waals surface area contributed by atoms with Crippen LogP contribution in [0.4, 0.5) is 0 Å². The van der Waals surface area contributed by atoms with E-state index in [1.807, 2.05) is 12.1 Å². The molecule has 4 rings (SSSR count). The van der Waals surface area contributed by atoms with E-state index in [2.05, 4.69) is 60.7 Å². The normalized spacial score (nSPS) is 26.3. The number of allylic oxidation sites excluding steroid dienone is 1. The quantitative estimate of drug-likeness (QED) is 0.697. The van der Waals surface area contributed by atoms with Crippen molar-refractivity contribution in [2.45, 2.75) is 43.7 Å². The maximum Gasteiger partial charge on any atom is 0.189 e. The van der Waals surface area contributed by atoms with Crippen LogP contribution in [0.3, 0.4) is 0 Å². The van der Waals surface area contributed by atoms with E-state index in [9.17, 15) is 0 Å². The lowest BCUT2D eigenvalue weighted by Crippen LogP contribution is -2.26. The molecule has 0 unspecified atom stereocenters. The molecule has 118 valence electrons. The highest BCUT2D eigenvalue weighted by Crippen LogP contribution is 2.50. The highest BCUT2D eigenvalue weighted by Gasteiger charge is 2.47. The molecule has 2 heteroatoms. The highest BCUT2D eigenvalue weighted by molar-refractivity contribution is 5.27. The third-order valence-electron chi connectivity index (χ3n) is 4.70. The van der Waals surface area contributed by atoms with E-state index in [4.69, 9.17) is 9.47 Å². The first-order valence-electron chi connectivity index (χ1n) is 8.50.